The topological polar surface area (TPSA) is 222 Å². The molecule has 0 aliphatic heterocycles. The molecule has 3 unspecified atom stereocenters. The summed E-state index contributed by atoms with van der Waals surface area (Å²) in [5, 5.41) is 16.3. The number of carboxylic acid groups (broad SMARTS) is 1. The van der Waals surface area contributed by atoms with E-state index in [0.29, 0.717) is 17.9 Å². The number of nitrogens with one attached hydrogen (secondary N) is 4. The number of primary amides is 1. The SMILES string of the molecule is CSCCC(N)C(=O)NC(Cc1cnc[nH]1)C(=O)NCC(=O)NC(CCC(N)=O)C(=O)O. The molecule has 0 bridgehead atoms. The summed E-state index contributed by atoms with van der Waals surface area (Å²) in [6, 6.07) is -3.17. The summed E-state index contributed by atoms with van der Waals surface area (Å²) in [6.45, 7) is -0.535. The predicted molar refractivity (Wildman–Crippen MR) is 116 cm³/mol. The molecule has 0 spiro atoms. The molecule has 0 saturated carbocycles. The number of hydrogen-bond acceptors (Lipinski definition) is 8. The first-order chi connectivity index (χ1) is 15.1. The Morgan fingerprint density at radius 1 is 1.16 bits per heavy atom. The highest BCUT2D eigenvalue weighted by atomic mass is 32.2. The molecule has 0 fully saturated rings. The average molecular weight is 472 g/mol. The number of carbonyl (C=O) groups excluding carboxylic acids is 4. The molecule has 1 heterocycles. The molecule has 178 valence electrons. The summed E-state index contributed by atoms with van der Waals surface area (Å²) in [7, 11) is 0. The summed E-state index contributed by atoms with van der Waals surface area (Å²) >= 11 is 1.53. The van der Waals surface area contributed by atoms with Gasteiger partial charge in [0.05, 0.1) is 18.9 Å². The summed E-state index contributed by atoms with van der Waals surface area (Å²) in [5.74, 6) is -3.32. The Morgan fingerprint density at radius 2 is 1.88 bits per heavy atom. The molecule has 32 heavy (non-hydrogen) atoms. The monoisotopic (exact) mass is 471 g/mol. The first-order valence-electron chi connectivity index (χ1n) is 9.74. The van der Waals surface area contributed by atoms with E-state index in [4.69, 9.17) is 16.6 Å². The Kier molecular flexibility index (Phi) is 11.8. The van der Waals surface area contributed by atoms with E-state index in [-0.39, 0.29) is 19.3 Å². The van der Waals surface area contributed by atoms with Crippen LogP contribution in [0.2, 0.25) is 0 Å². The molecule has 14 heteroatoms. The number of aromatic nitrogens is 2. The Morgan fingerprint density at radius 3 is 2.44 bits per heavy atom. The Balaban J connectivity index is 2.69. The normalized spacial score (nSPS) is 13.4. The smallest absolute Gasteiger partial charge is 0.326 e. The summed E-state index contributed by atoms with van der Waals surface area (Å²) in [5.41, 5.74) is 11.4. The van der Waals surface area contributed by atoms with Gasteiger partial charge in [-0.2, -0.15) is 11.8 Å². The molecule has 1 aromatic rings. The van der Waals surface area contributed by atoms with Crippen molar-refractivity contribution in [3.8, 4) is 0 Å². The molecular weight excluding hydrogens is 442 g/mol. The van der Waals surface area contributed by atoms with Crippen molar-refractivity contribution in [2.24, 2.45) is 11.5 Å². The van der Waals surface area contributed by atoms with Gasteiger partial charge in [-0.15, -0.1) is 0 Å². The van der Waals surface area contributed by atoms with Gasteiger partial charge in [0, 0.05) is 24.7 Å². The molecular formula is C18H29N7O6S. The van der Waals surface area contributed by atoms with Crippen LogP contribution in [0.1, 0.15) is 25.0 Å². The number of rotatable bonds is 15. The minimum atomic E-state index is -1.34. The van der Waals surface area contributed by atoms with Crippen LogP contribution in [-0.4, -0.2) is 81.4 Å². The fraction of sp³-hybridized carbons (Fsp3) is 0.556. The van der Waals surface area contributed by atoms with Gasteiger partial charge in [0.2, 0.25) is 23.6 Å². The number of hydrogen-bond donors (Lipinski definition) is 7. The maximum Gasteiger partial charge on any atom is 0.326 e. The van der Waals surface area contributed by atoms with Crippen molar-refractivity contribution in [3.63, 3.8) is 0 Å². The molecule has 4 amide bonds. The molecule has 9 N–H and O–H groups in total. The second kappa shape index (κ2) is 14.0. The fourth-order valence-corrected chi connectivity index (χ4v) is 3.05. The third-order valence-electron chi connectivity index (χ3n) is 4.32. The number of nitrogens with zero attached hydrogens (tertiary/aromatic N) is 1. The molecule has 1 rings (SSSR count). The molecule has 13 nitrogen and oxygen atoms in total. The maximum atomic E-state index is 12.6. The van der Waals surface area contributed by atoms with Crippen molar-refractivity contribution in [2.75, 3.05) is 18.6 Å². The van der Waals surface area contributed by atoms with Gasteiger partial charge in [0.1, 0.15) is 12.1 Å². The number of thioether (sulfide) groups is 1. The van der Waals surface area contributed by atoms with Gasteiger partial charge in [-0.1, -0.05) is 0 Å². The van der Waals surface area contributed by atoms with Crippen molar-refractivity contribution in [2.45, 2.75) is 43.8 Å². The van der Waals surface area contributed by atoms with Gasteiger partial charge in [0.25, 0.3) is 0 Å². The lowest BCUT2D eigenvalue weighted by Crippen LogP contribution is -2.54. The van der Waals surface area contributed by atoms with Crippen LogP contribution < -0.4 is 27.4 Å². The van der Waals surface area contributed by atoms with Crippen LogP contribution in [-0.2, 0) is 30.4 Å². The van der Waals surface area contributed by atoms with Crippen molar-refractivity contribution >= 4 is 41.4 Å². The Bertz CT molecular complexity index is 789. The number of carboxylic acids is 1. The molecule has 0 aliphatic carbocycles. The predicted octanol–water partition coefficient (Wildman–Crippen LogP) is -2.53. The third-order valence-corrected chi connectivity index (χ3v) is 4.96. The van der Waals surface area contributed by atoms with Crippen LogP contribution in [0.4, 0.5) is 0 Å². The maximum absolute atomic E-state index is 12.6. The highest BCUT2D eigenvalue weighted by Crippen LogP contribution is 2.03. The summed E-state index contributed by atoms with van der Waals surface area (Å²) < 4.78 is 0. The number of nitrogens with two attached hydrogens (primary N) is 2. The number of H-pyrrole nitrogens is 1. The minimum Gasteiger partial charge on any atom is -0.480 e. The largest absolute Gasteiger partial charge is 0.480 e. The highest BCUT2D eigenvalue weighted by molar-refractivity contribution is 7.98. The van der Waals surface area contributed by atoms with E-state index in [1.807, 2.05) is 6.26 Å². The first-order valence-corrected chi connectivity index (χ1v) is 11.1. The highest BCUT2D eigenvalue weighted by Gasteiger charge is 2.26. The zero-order valence-corrected chi connectivity index (χ0v) is 18.4. The van der Waals surface area contributed by atoms with Gasteiger partial charge in [-0.05, 0) is 24.9 Å². The van der Waals surface area contributed by atoms with Crippen LogP contribution in [0.15, 0.2) is 12.5 Å². The summed E-state index contributed by atoms with van der Waals surface area (Å²) in [6.07, 6.45) is 4.88. The molecule has 1 aromatic heterocycles. The number of carbonyl (C=O) groups is 5. The third kappa shape index (κ3) is 10.3. The van der Waals surface area contributed by atoms with Crippen LogP contribution in [0.5, 0.6) is 0 Å². The van der Waals surface area contributed by atoms with E-state index in [0.717, 1.165) is 0 Å². The van der Waals surface area contributed by atoms with Crippen molar-refractivity contribution < 1.29 is 29.1 Å². The van der Waals surface area contributed by atoms with E-state index in [1.54, 1.807) is 0 Å². The number of imidazole rings is 1. The van der Waals surface area contributed by atoms with Gasteiger partial charge < -0.3 is 37.5 Å². The molecule has 3 atom stereocenters. The van der Waals surface area contributed by atoms with Gasteiger partial charge >= 0.3 is 5.97 Å². The number of aromatic amines is 1. The summed E-state index contributed by atoms with van der Waals surface area (Å²) in [4.78, 5) is 65.8. The van der Waals surface area contributed by atoms with Crippen molar-refractivity contribution in [1.82, 2.24) is 25.9 Å². The van der Waals surface area contributed by atoms with Gasteiger partial charge in [-0.3, -0.25) is 19.2 Å². The van der Waals surface area contributed by atoms with E-state index in [9.17, 15) is 24.0 Å². The van der Waals surface area contributed by atoms with E-state index < -0.39 is 54.3 Å². The Labute approximate surface area is 188 Å². The first kappa shape index (κ1) is 26.9. The lowest BCUT2D eigenvalue weighted by atomic mass is 10.1. The molecule has 0 aromatic carbocycles. The van der Waals surface area contributed by atoms with Crippen molar-refractivity contribution in [3.05, 3.63) is 18.2 Å². The molecule has 0 radical (unpaired) electrons. The standard InChI is InChI=1S/C18H29N7O6S/c1-32-5-4-11(19)16(28)25-13(6-10-7-21-9-23-10)17(29)22-8-15(27)24-12(18(30)31)2-3-14(20)26/h7,9,11-13H,2-6,8,19H2,1H3,(H2,20,26)(H,21,23)(H,22,29)(H,24,27)(H,25,28)(H,30,31). The fourth-order valence-electron chi connectivity index (χ4n) is 2.56. The average Bonchev–Trinajstić information content (AvgIpc) is 3.25. The lowest BCUT2D eigenvalue weighted by molar-refractivity contribution is -0.142. The van der Waals surface area contributed by atoms with Crippen molar-refractivity contribution in [1.29, 1.82) is 0 Å². The number of aliphatic carboxylic acids is 1. The lowest BCUT2D eigenvalue weighted by Gasteiger charge is -2.20. The number of amides is 4. The zero-order chi connectivity index (χ0) is 24.1. The Hall–Kier alpha value is -3.13. The molecule has 0 saturated heterocycles. The van der Waals surface area contributed by atoms with Crippen LogP contribution in [0.3, 0.4) is 0 Å². The van der Waals surface area contributed by atoms with E-state index in [1.165, 1.54) is 24.3 Å². The van der Waals surface area contributed by atoms with Gasteiger partial charge in [0.15, 0.2) is 0 Å². The van der Waals surface area contributed by atoms with E-state index in [2.05, 4.69) is 25.9 Å². The van der Waals surface area contributed by atoms with E-state index >= 15 is 0 Å². The second-order valence-corrected chi connectivity index (χ2v) is 7.90. The quantitative estimate of drug-likeness (QED) is 0.143. The van der Waals surface area contributed by atoms with Crippen LogP contribution in [0, 0.1) is 0 Å². The van der Waals surface area contributed by atoms with Crippen LogP contribution >= 0.6 is 11.8 Å². The van der Waals surface area contributed by atoms with Gasteiger partial charge in [-0.25, -0.2) is 9.78 Å². The van der Waals surface area contributed by atoms with Crippen LogP contribution in [0.25, 0.3) is 0 Å². The second-order valence-electron chi connectivity index (χ2n) is 6.91. The molecule has 0 aliphatic rings. The minimum absolute atomic E-state index is 0.0742. The zero-order valence-electron chi connectivity index (χ0n) is 17.6.